The molecule has 1 atom stereocenters. The van der Waals surface area contributed by atoms with Crippen LogP contribution in [0.4, 0.5) is 4.79 Å². The summed E-state index contributed by atoms with van der Waals surface area (Å²) >= 11 is 12.1. The Kier molecular flexibility index (Phi) is 8.67. The molecule has 4 amide bonds. The maximum absolute atomic E-state index is 13.1. The van der Waals surface area contributed by atoms with E-state index in [1.54, 1.807) is 64.5 Å². The van der Waals surface area contributed by atoms with Crippen molar-refractivity contribution in [2.24, 2.45) is 5.92 Å². The first kappa shape index (κ1) is 30.8. The van der Waals surface area contributed by atoms with Crippen LogP contribution in [0.1, 0.15) is 28.8 Å². The fraction of sp³-hybridized carbons (Fsp3) is 0.250. The largest absolute Gasteiger partial charge is 0.379 e. The van der Waals surface area contributed by atoms with Crippen LogP contribution in [0, 0.1) is 5.92 Å². The highest BCUT2D eigenvalue weighted by Gasteiger charge is 2.40. The third kappa shape index (κ3) is 6.61. The summed E-state index contributed by atoms with van der Waals surface area (Å²) in [5.74, 6) is -0.294. The normalized spacial score (nSPS) is 17.5. The number of hydrogen-bond donors (Lipinski definition) is 1. The molecule has 1 N–H and O–H groups in total. The molecule has 13 heteroatoms. The highest BCUT2D eigenvalue weighted by atomic mass is 35.5. The minimum atomic E-state index is -4.13. The highest BCUT2D eigenvalue weighted by Crippen LogP contribution is 2.28. The number of hydrogen-bond acceptors (Lipinski definition) is 7. The molecule has 0 saturated carbocycles. The Hall–Kier alpha value is -4.19. The summed E-state index contributed by atoms with van der Waals surface area (Å²) in [7, 11) is -4.13. The van der Waals surface area contributed by atoms with Gasteiger partial charge in [-0.2, -0.15) is 8.42 Å². The molecule has 0 spiro atoms. The molecule has 0 radical (unpaired) electrons. The lowest BCUT2D eigenvalue weighted by Gasteiger charge is -2.34. The Balaban J connectivity index is 1.07. The van der Waals surface area contributed by atoms with Gasteiger partial charge in [0.25, 0.3) is 11.8 Å². The topological polar surface area (TPSA) is 126 Å². The second-order valence-electron chi connectivity index (χ2n) is 11.1. The van der Waals surface area contributed by atoms with Gasteiger partial charge >= 0.3 is 16.1 Å². The van der Waals surface area contributed by atoms with Crippen LogP contribution >= 0.6 is 23.2 Å². The molecule has 4 aromatic rings. The van der Waals surface area contributed by atoms with E-state index >= 15 is 0 Å². The van der Waals surface area contributed by atoms with E-state index in [0.717, 1.165) is 5.56 Å². The average Bonchev–Trinajstić information content (AvgIpc) is 3.29. The number of benzene rings is 3. The van der Waals surface area contributed by atoms with Crippen LogP contribution in [-0.2, 0) is 21.3 Å². The van der Waals surface area contributed by atoms with Gasteiger partial charge in [-0.15, -0.1) is 0 Å². The number of halogens is 2. The summed E-state index contributed by atoms with van der Waals surface area (Å²) in [6.07, 6.45) is 4.69. The van der Waals surface area contributed by atoms with E-state index in [-0.39, 0.29) is 34.8 Å². The lowest BCUT2D eigenvalue weighted by Crippen LogP contribution is -2.44. The van der Waals surface area contributed by atoms with Crippen molar-refractivity contribution in [3.05, 3.63) is 100 Å². The van der Waals surface area contributed by atoms with Crippen LogP contribution in [-0.4, -0.2) is 66.7 Å². The second kappa shape index (κ2) is 12.7. The number of fused-ring (bicyclic) bond motifs is 1. The van der Waals surface area contributed by atoms with Crippen LogP contribution in [0.3, 0.4) is 0 Å². The van der Waals surface area contributed by atoms with E-state index in [0.29, 0.717) is 58.9 Å². The molecule has 3 aromatic carbocycles. The Morgan fingerprint density at radius 2 is 1.73 bits per heavy atom. The molecule has 232 valence electrons. The Labute approximate surface area is 270 Å². The first-order valence-electron chi connectivity index (χ1n) is 14.3. The molecule has 0 aliphatic carbocycles. The standard InChI is InChI=1S/C32H28Cl2N4O6S/c33-26-9-6-22(17-27(26)34)31(40)37-14-11-21(12-15-37)19-38-28(30(39)36-32(38)41)16-20-4-7-24(8-5-20)44-45(42,43)29-3-1-2-23-18-35-13-10-25(23)29/h1-10,13,17-18,21,28H,11-12,14-16,19H2,(H,36,39,41). The van der Waals surface area contributed by atoms with Gasteiger partial charge in [0.05, 0.1) is 10.0 Å². The van der Waals surface area contributed by atoms with Crippen LogP contribution in [0.25, 0.3) is 10.8 Å². The Morgan fingerprint density at radius 3 is 2.47 bits per heavy atom. The second-order valence-corrected chi connectivity index (χ2v) is 13.4. The fourth-order valence-corrected chi connectivity index (χ4v) is 7.20. The number of rotatable bonds is 8. The third-order valence-corrected chi connectivity index (χ3v) is 10.2. The zero-order valence-corrected chi connectivity index (χ0v) is 26.2. The van der Waals surface area contributed by atoms with E-state index < -0.39 is 22.2 Å². The predicted molar refractivity (Wildman–Crippen MR) is 169 cm³/mol. The number of likely N-dealkylation sites (tertiary alicyclic amines) is 1. The molecule has 2 aliphatic rings. The Bertz CT molecular complexity index is 1890. The molecule has 0 bridgehead atoms. The summed E-state index contributed by atoms with van der Waals surface area (Å²) < 4.78 is 31.6. The van der Waals surface area contributed by atoms with Gasteiger partial charge in [0.15, 0.2) is 0 Å². The molecule has 2 saturated heterocycles. The number of aromatic nitrogens is 1. The van der Waals surface area contributed by atoms with Crippen LogP contribution in [0.15, 0.2) is 84.0 Å². The van der Waals surface area contributed by atoms with Crippen molar-refractivity contribution in [3.8, 4) is 5.75 Å². The smallest absolute Gasteiger partial charge is 0.339 e. The number of pyridine rings is 1. The third-order valence-electron chi connectivity index (χ3n) is 8.16. The van der Waals surface area contributed by atoms with E-state index in [1.165, 1.54) is 24.4 Å². The van der Waals surface area contributed by atoms with Gasteiger partial charge in [-0.05, 0) is 66.8 Å². The zero-order valence-electron chi connectivity index (χ0n) is 23.9. The van der Waals surface area contributed by atoms with E-state index in [2.05, 4.69) is 10.3 Å². The summed E-state index contributed by atoms with van der Waals surface area (Å²) in [5, 5.41) is 4.29. The molecule has 2 fully saturated rings. The van der Waals surface area contributed by atoms with Gasteiger partial charge in [0, 0.05) is 54.8 Å². The van der Waals surface area contributed by atoms with Crippen molar-refractivity contribution >= 4 is 61.9 Å². The summed E-state index contributed by atoms with van der Waals surface area (Å²) in [5.41, 5.74) is 1.20. The first-order chi connectivity index (χ1) is 21.6. The van der Waals surface area contributed by atoms with Crippen LogP contribution < -0.4 is 9.50 Å². The number of carbonyl (C=O) groups is 3. The maximum Gasteiger partial charge on any atom is 0.339 e. The molecule has 6 rings (SSSR count). The van der Waals surface area contributed by atoms with Gasteiger partial charge in [-0.1, -0.05) is 47.5 Å². The quantitative estimate of drug-likeness (QED) is 0.199. The molecule has 10 nitrogen and oxygen atoms in total. The lowest BCUT2D eigenvalue weighted by atomic mass is 9.94. The van der Waals surface area contributed by atoms with Crippen LogP contribution in [0.5, 0.6) is 5.75 Å². The number of carbonyl (C=O) groups excluding carboxylic acids is 3. The molecule has 1 unspecified atom stereocenters. The summed E-state index contributed by atoms with van der Waals surface area (Å²) in [4.78, 5) is 45.8. The molecule has 1 aromatic heterocycles. The average molecular weight is 668 g/mol. The van der Waals surface area contributed by atoms with Crippen molar-refractivity contribution in [3.63, 3.8) is 0 Å². The molecule has 45 heavy (non-hydrogen) atoms. The molecule has 2 aliphatic heterocycles. The fourth-order valence-electron chi connectivity index (χ4n) is 5.75. The molecular weight excluding hydrogens is 639 g/mol. The maximum atomic E-state index is 13.1. The number of amides is 4. The van der Waals surface area contributed by atoms with Gasteiger partial charge in [-0.3, -0.25) is 19.9 Å². The minimum absolute atomic E-state index is 0.0350. The lowest BCUT2D eigenvalue weighted by molar-refractivity contribution is -0.121. The van der Waals surface area contributed by atoms with E-state index in [4.69, 9.17) is 27.4 Å². The number of imide groups is 1. The van der Waals surface area contributed by atoms with Crippen molar-refractivity contribution in [1.29, 1.82) is 0 Å². The first-order valence-corrected chi connectivity index (χ1v) is 16.5. The van der Waals surface area contributed by atoms with Crippen molar-refractivity contribution in [2.45, 2.75) is 30.2 Å². The number of piperidine rings is 1. The number of nitrogens with one attached hydrogen (secondary N) is 1. The van der Waals surface area contributed by atoms with E-state index in [9.17, 15) is 22.8 Å². The molecular formula is C32H28Cl2N4O6S. The van der Waals surface area contributed by atoms with Gasteiger partial charge in [0.2, 0.25) is 0 Å². The Morgan fingerprint density at radius 1 is 0.978 bits per heavy atom. The highest BCUT2D eigenvalue weighted by molar-refractivity contribution is 7.87. The van der Waals surface area contributed by atoms with Gasteiger partial charge in [0.1, 0.15) is 16.7 Å². The van der Waals surface area contributed by atoms with Gasteiger partial charge in [-0.25, -0.2) is 4.79 Å². The minimum Gasteiger partial charge on any atom is -0.379 e. The summed E-state index contributed by atoms with van der Waals surface area (Å²) in [6.45, 7) is 1.40. The van der Waals surface area contributed by atoms with Gasteiger partial charge < -0.3 is 14.0 Å². The zero-order chi connectivity index (χ0) is 31.7. The van der Waals surface area contributed by atoms with Crippen LogP contribution in [0.2, 0.25) is 10.0 Å². The number of nitrogens with zero attached hydrogens (tertiary/aromatic N) is 3. The number of urea groups is 1. The van der Waals surface area contributed by atoms with Crippen molar-refractivity contribution in [1.82, 2.24) is 20.1 Å². The summed E-state index contributed by atoms with van der Waals surface area (Å²) in [6, 6.07) is 16.6. The SMILES string of the molecule is O=C1NC(=O)N(CC2CCN(C(=O)c3ccc(Cl)c(Cl)c3)CC2)C1Cc1ccc(OS(=O)(=O)c2cccc3cnccc23)cc1. The molecule has 3 heterocycles. The predicted octanol–water partition coefficient (Wildman–Crippen LogP) is 5.32. The van der Waals surface area contributed by atoms with Crippen molar-refractivity contribution in [2.75, 3.05) is 19.6 Å². The van der Waals surface area contributed by atoms with Crippen molar-refractivity contribution < 1.29 is 27.0 Å². The monoisotopic (exact) mass is 666 g/mol. The van der Waals surface area contributed by atoms with E-state index in [1.807, 2.05) is 0 Å².